The normalized spacial score (nSPS) is 10.2. The maximum atomic E-state index is 12.0. The number of carbonyl (C=O) groups excluding carboxylic acids is 1. The highest BCUT2D eigenvalue weighted by molar-refractivity contribution is 6.04. The van der Waals surface area contributed by atoms with Crippen LogP contribution in [0.15, 0.2) is 24.4 Å². The number of hydrogen-bond acceptors (Lipinski definition) is 5. The lowest BCUT2D eigenvalue weighted by molar-refractivity contribution is 0.102. The maximum absolute atomic E-state index is 12.0. The van der Waals surface area contributed by atoms with Crippen LogP contribution < -0.4 is 16.6 Å². The lowest BCUT2D eigenvalue weighted by Crippen LogP contribution is -2.16. The fraction of sp³-hybridized carbons (Fsp3) is 0.182. The second-order valence-corrected chi connectivity index (χ2v) is 3.82. The number of nitrogens with one attached hydrogen (secondary N) is 2. The summed E-state index contributed by atoms with van der Waals surface area (Å²) in [4.78, 5) is 16.2. The van der Waals surface area contributed by atoms with E-state index in [0.29, 0.717) is 22.9 Å². The van der Waals surface area contributed by atoms with Crippen LogP contribution in [0.5, 0.6) is 0 Å². The van der Waals surface area contributed by atoms with Crippen molar-refractivity contribution < 1.29 is 4.79 Å². The predicted octanol–water partition coefficient (Wildman–Crippen LogP) is 0.661. The summed E-state index contributed by atoms with van der Waals surface area (Å²) >= 11 is 0. The first kappa shape index (κ1) is 12.1. The molecule has 0 aliphatic heterocycles. The standard InChI is InChI=1S/C11H14N6O/c1-7-5-8(6-9(14-7)16-12)11(18)15-10-3-4-13-17(10)2/h3-6H,12H2,1-2H3,(H,14,16)(H,15,18). The van der Waals surface area contributed by atoms with Gasteiger partial charge in [0.1, 0.15) is 11.6 Å². The number of nitrogens with zero attached hydrogens (tertiary/aromatic N) is 3. The molecule has 0 bridgehead atoms. The van der Waals surface area contributed by atoms with Crippen molar-refractivity contribution in [3.63, 3.8) is 0 Å². The van der Waals surface area contributed by atoms with E-state index in [1.165, 1.54) is 0 Å². The van der Waals surface area contributed by atoms with Gasteiger partial charge in [0.05, 0.1) is 6.20 Å². The van der Waals surface area contributed by atoms with E-state index in [1.54, 1.807) is 43.0 Å². The summed E-state index contributed by atoms with van der Waals surface area (Å²) in [5, 5.41) is 6.72. The van der Waals surface area contributed by atoms with Gasteiger partial charge in [-0.1, -0.05) is 0 Å². The van der Waals surface area contributed by atoms with Crippen molar-refractivity contribution in [1.82, 2.24) is 14.8 Å². The minimum absolute atomic E-state index is 0.236. The molecule has 0 unspecified atom stereocenters. The first-order valence-corrected chi connectivity index (χ1v) is 5.35. The third-order valence-corrected chi connectivity index (χ3v) is 2.43. The van der Waals surface area contributed by atoms with Crippen molar-refractivity contribution in [2.24, 2.45) is 12.9 Å². The molecule has 0 radical (unpaired) electrons. The molecule has 2 aromatic heterocycles. The smallest absolute Gasteiger partial charge is 0.257 e. The molecule has 0 atom stereocenters. The number of amides is 1. The molecule has 0 aliphatic carbocycles. The zero-order chi connectivity index (χ0) is 13.1. The van der Waals surface area contributed by atoms with Gasteiger partial charge in [0, 0.05) is 24.4 Å². The Morgan fingerprint density at radius 2 is 2.22 bits per heavy atom. The molecule has 2 aromatic rings. The first-order chi connectivity index (χ1) is 8.60. The molecule has 0 aromatic carbocycles. The van der Waals surface area contributed by atoms with Gasteiger partial charge in [-0.2, -0.15) is 5.10 Å². The van der Waals surface area contributed by atoms with Gasteiger partial charge in [-0.25, -0.2) is 10.8 Å². The van der Waals surface area contributed by atoms with Crippen LogP contribution in [0.4, 0.5) is 11.6 Å². The topological polar surface area (TPSA) is 97.9 Å². The number of aromatic nitrogens is 3. The minimum atomic E-state index is -0.236. The summed E-state index contributed by atoms with van der Waals surface area (Å²) in [6.45, 7) is 1.79. The van der Waals surface area contributed by atoms with Gasteiger partial charge in [0.25, 0.3) is 5.91 Å². The molecule has 0 fully saturated rings. The van der Waals surface area contributed by atoms with E-state index in [-0.39, 0.29) is 5.91 Å². The summed E-state index contributed by atoms with van der Waals surface area (Å²) in [6, 6.07) is 4.99. The van der Waals surface area contributed by atoms with Crippen LogP contribution >= 0.6 is 0 Å². The zero-order valence-electron chi connectivity index (χ0n) is 10.1. The molecule has 7 heteroatoms. The highest BCUT2D eigenvalue weighted by Crippen LogP contribution is 2.12. The molecule has 0 spiro atoms. The molecular formula is C11H14N6O. The van der Waals surface area contributed by atoms with E-state index >= 15 is 0 Å². The van der Waals surface area contributed by atoms with Gasteiger partial charge in [-0.05, 0) is 19.1 Å². The van der Waals surface area contributed by atoms with Gasteiger partial charge >= 0.3 is 0 Å². The third-order valence-electron chi connectivity index (χ3n) is 2.43. The van der Waals surface area contributed by atoms with E-state index in [0.717, 1.165) is 0 Å². The molecule has 1 amide bonds. The monoisotopic (exact) mass is 246 g/mol. The summed E-state index contributed by atoms with van der Waals surface area (Å²) in [7, 11) is 1.75. The number of rotatable bonds is 3. The van der Waals surface area contributed by atoms with Crippen molar-refractivity contribution in [1.29, 1.82) is 0 Å². The molecule has 0 saturated heterocycles. The van der Waals surface area contributed by atoms with Crippen LogP contribution in [0.3, 0.4) is 0 Å². The number of anilines is 2. The Hall–Kier alpha value is -2.41. The Morgan fingerprint density at radius 3 is 2.83 bits per heavy atom. The largest absolute Gasteiger partial charge is 0.308 e. The van der Waals surface area contributed by atoms with Crippen molar-refractivity contribution >= 4 is 17.5 Å². The van der Waals surface area contributed by atoms with Gasteiger partial charge < -0.3 is 10.7 Å². The zero-order valence-corrected chi connectivity index (χ0v) is 10.1. The van der Waals surface area contributed by atoms with Crippen LogP contribution in [0, 0.1) is 6.92 Å². The van der Waals surface area contributed by atoms with Crippen LogP contribution in [0.25, 0.3) is 0 Å². The summed E-state index contributed by atoms with van der Waals surface area (Å²) < 4.78 is 1.58. The Morgan fingerprint density at radius 1 is 1.44 bits per heavy atom. The molecule has 18 heavy (non-hydrogen) atoms. The fourth-order valence-electron chi connectivity index (χ4n) is 1.56. The van der Waals surface area contributed by atoms with Crippen LogP contribution in [-0.4, -0.2) is 20.7 Å². The highest BCUT2D eigenvalue weighted by Gasteiger charge is 2.10. The highest BCUT2D eigenvalue weighted by atomic mass is 16.1. The number of aryl methyl sites for hydroxylation is 2. The van der Waals surface area contributed by atoms with Gasteiger partial charge in [-0.3, -0.25) is 9.48 Å². The van der Waals surface area contributed by atoms with E-state index < -0.39 is 0 Å². The second-order valence-electron chi connectivity index (χ2n) is 3.82. The third kappa shape index (κ3) is 2.46. The van der Waals surface area contributed by atoms with E-state index in [9.17, 15) is 4.79 Å². The molecule has 7 nitrogen and oxygen atoms in total. The Bertz CT molecular complexity index is 577. The van der Waals surface area contributed by atoms with E-state index in [1.807, 2.05) is 0 Å². The SMILES string of the molecule is Cc1cc(C(=O)Nc2ccnn2C)cc(NN)n1. The molecule has 2 heterocycles. The molecular weight excluding hydrogens is 232 g/mol. The number of carbonyl (C=O) groups is 1. The van der Waals surface area contributed by atoms with E-state index in [4.69, 9.17) is 5.84 Å². The fourth-order valence-corrected chi connectivity index (χ4v) is 1.56. The predicted molar refractivity (Wildman–Crippen MR) is 67.9 cm³/mol. The average molecular weight is 246 g/mol. The molecule has 94 valence electrons. The Kier molecular flexibility index (Phi) is 3.24. The van der Waals surface area contributed by atoms with Crippen molar-refractivity contribution in [3.8, 4) is 0 Å². The Labute approximate surface area is 104 Å². The number of nitrogen functional groups attached to an aromatic ring is 1. The summed E-state index contributed by atoms with van der Waals surface area (Å²) in [5.41, 5.74) is 3.62. The number of hydrogen-bond donors (Lipinski definition) is 3. The summed E-state index contributed by atoms with van der Waals surface area (Å²) in [6.07, 6.45) is 1.61. The van der Waals surface area contributed by atoms with Crippen LogP contribution in [0.2, 0.25) is 0 Å². The molecule has 0 saturated carbocycles. The lowest BCUT2D eigenvalue weighted by Gasteiger charge is -2.07. The minimum Gasteiger partial charge on any atom is -0.308 e. The maximum Gasteiger partial charge on any atom is 0.257 e. The van der Waals surface area contributed by atoms with E-state index in [2.05, 4.69) is 20.8 Å². The summed E-state index contributed by atoms with van der Waals surface area (Å²) in [5.74, 6) is 6.13. The van der Waals surface area contributed by atoms with Crippen molar-refractivity contribution in [3.05, 3.63) is 35.7 Å². The average Bonchev–Trinajstić information content (AvgIpc) is 2.74. The van der Waals surface area contributed by atoms with Crippen molar-refractivity contribution in [2.75, 3.05) is 10.7 Å². The van der Waals surface area contributed by atoms with Crippen molar-refractivity contribution in [2.45, 2.75) is 6.92 Å². The lowest BCUT2D eigenvalue weighted by atomic mass is 10.2. The molecule has 4 N–H and O–H groups in total. The number of nitrogens with two attached hydrogens (primary N) is 1. The van der Waals surface area contributed by atoms with Gasteiger partial charge in [0.2, 0.25) is 0 Å². The number of pyridine rings is 1. The quantitative estimate of drug-likeness (QED) is 0.546. The second kappa shape index (κ2) is 4.84. The molecule has 0 aliphatic rings. The van der Waals surface area contributed by atoms with Crippen LogP contribution in [-0.2, 0) is 7.05 Å². The first-order valence-electron chi connectivity index (χ1n) is 5.35. The Balaban J connectivity index is 2.24. The molecule has 2 rings (SSSR count). The van der Waals surface area contributed by atoms with Crippen LogP contribution in [0.1, 0.15) is 16.1 Å². The number of hydrazine groups is 1. The van der Waals surface area contributed by atoms with Gasteiger partial charge in [-0.15, -0.1) is 0 Å². The van der Waals surface area contributed by atoms with Gasteiger partial charge in [0.15, 0.2) is 0 Å².